The number of ketones is 1. The van der Waals surface area contributed by atoms with Gasteiger partial charge in [-0.1, -0.05) is 12.5 Å². The lowest BCUT2D eigenvalue weighted by Gasteiger charge is -2.08. The average molecular weight is 232 g/mol. The van der Waals surface area contributed by atoms with E-state index < -0.39 is 0 Å². The second kappa shape index (κ2) is 5.80. The van der Waals surface area contributed by atoms with Gasteiger partial charge < -0.3 is 4.57 Å². The van der Waals surface area contributed by atoms with E-state index in [0.717, 1.165) is 44.5 Å². The molecule has 3 nitrogen and oxygen atoms in total. The third-order valence-corrected chi connectivity index (χ3v) is 3.19. The Morgan fingerprint density at radius 1 is 1.35 bits per heavy atom. The van der Waals surface area contributed by atoms with E-state index in [1.54, 1.807) is 0 Å². The van der Waals surface area contributed by atoms with Crippen LogP contribution >= 0.6 is 0 Å². The minimum atomic E-state index is 0.283. The van der Waals surface area contributed by atoms with Crippen molar-refractivity contribution in [2.45, 2.75) is 52.0 Å². The molecule has 1 aliphatic rings. The maximum Gasteiger partial charge on any atom is 0.155 e. The third-order valence-electron chi connectivity index (χ3n) is 3.19. The zero-order valence-electron chi connectivity index (χ0n) is 10.5. The van der Waals surface area contributed by atoms with E-state index >= 15 is 0 Å². The standard InChI is InChI=1S/C14H20N2O/c1-2-8-16-9-7-15-14(16)11-12-5-3-4-6-13(17)10-12/h7,9-10H,2-6,8,11H2,1H3. The van der Waals surface area contributed by atoms with Crippen LogP contribution in [0.15, 0.2) is 24.0 Å². The Bertz CT molecular complexity index is 418. The number of hydrogen-bond acceptors (Lipinski definition) is 2. The fourth-order valence-corrected chi connectivity index (χ4v) is 2.32. The van der Waals surface area contributed by atoms with Crippen LogP contribution in [0.3, 0.4) is 0 Å². The monoisotopic (exact) mass is 232 g/mol. The molecular formula is C14H20N2O. The van der Waals surface area contributed by atoms with E-state index in [1.807, 2.05) is 18.5 Å². The van der Waals surface area contributed by atoms with E-state index in [2.05, 4.69) is 16.5 Å². The zero-order valence-corrected chi connectivity index (χ0v) is 10.5. The first-order valence-corrected chi connectivity index (χ1v) is 6.52. The number of hydrogen-bond donors (Lipinski definition) is 0. The first-order chi connectivity index (χ1) is 8.29. The Hall–Kier alpha value is -1.38. The van der Waals surface area contributed by atoms with Crippen molar-refractivity contribution >= 4 is 5.78 Å². The van der Waals surface area contributed by atoms with Crippen LogP contribution in [0.4, 0.5) is 0 Å². The summed E-state index contributed by atoms with van der Waals surface area (Å²) in [5.41, 5.74) is 1.25. The van der Waals surface area contributed by atoms with Gasteiger partial charge in [-0.3, -0.25) is 4.79 Å². The smallest absolute Gasteiger partial charge is 0.155 e. The van der Waals surface area contributed by atoms with Gasteiger partial charge in [0.1, 0.15) is 5.82 Å². The van der Waals surface area contributed by atoms with Crippen molar-refractivity contribution in [2.24, 2.45) is 0 Å². The van der Waals surface area contributed by atoms with Gasteiger partial charge in [0, 0.05) is 31.8 Å². The highest BCUT2D eigenvalue weighted by Gasteiger charge is 2.11. The molecule has 0 spiro atoms. The van der Waals surface area contributed by atoms with Gasteiger partial charge in [-0.25, -0.2) is 4.98 Å². The van der Waals surface area contributed by atoms with Crippen LogP contribution in [-0.4, -0.2) is 15.3 Å². The molecule has 1 heterocycles. The minimum Gasteiger partial charge on any atom is -0.335 e. The predicted molar refractivity (Wildman–Crippen MR) is 67.8 cm³/mol. The quantitative estimate of drug-likeness (QED) is 0.800. The summed E-state index contributed by atoms with van der Waals surface area (Å²) in [5.74, 6) is 1.37. The van der Waals surface area contributed by atoms with E-state index in [1.165, 1.54) is 5.57 Å². The van der Waals surface area contributed by atoms with Crippen LogP contribution in [0.2, 0.25) is 0 Å². The zero-order chi connectivity index (χ0) is 12.1. The first kappa shape index (κ1) is 12.1. The van der Waals surface area contributed by atoms with E-state index in [4.69, 9.17) is 0 Å². The van der Waals surface area contributed by atoms with Gasteiger partial charge in [-0.05, 0) is 31.8 Å². The molecule has 0 saturated carbocycles. The molecule has 0 aromatic carbocycles. The molecule has 3 heteroatoms. The van der Waals surface area contributed by atoms with Crippen LogP contribution in [0.25, 0.3) is 0 Å². The summed E-state index contributed by atoms with van der Waals surface area (Å²) in [6.07, 6.45) is 11.6. The Kier molecular flexibility index (Phi) is 4.13. The van der Waals surface area contributed by atoms with Gasteiger partial charge in [-0.2, -0.15) is 0 Å². The molecule has 0 radical (unpaired) electrons. The van der Waals surface area contributed by atoms with Gasteiger partial charge in [0.2, 0.25) is 0 Å². The fourth-order valence-electron chi connectivity index (χ4n) is 2.32. The Balaban J connectivity index is 2.08. The summed E-state index contributed by atoms with van der Waals surface area (Å²) >= 11 is 0. The molecule has 0 unspecified atom stereocenters. The number of aromatic nitrogens is 2. The van der Waals surface area contributed by atoms with Crippen LogP contribution < -0.4 is 0 Å². The summed E-state index contributed by atoms with van der Waals surface area (Å²) in [6.45, 7) is 3.18. The maximum atomic E-state index is 11.5. The van der Waals surface area contributed by atoms with Crippen molar-refractivity contribution in [2.75, 3.05) is 0 Å². The molecule has 0 bridgehead atoms. The minimum absolute atomic E-state index is 0.283. The summed E-state index contributed by atoms with van der Waals surface area (Å²) in [5, 5.41) is 0. The molecule has 17 heavy (non-hydrogen) atoms. The number of carbonyl (C=O) groups is 1. The highest BCUT2D eigenvalue weighted by atomic mass is 16.1. The van der Waals surface area contributed by atoms with Crippen molar-refractivity contribution in [3.63, 3.8) is 0 Å². The number of imidazole rings is 1. The Morgan fingerprint density at radius 2 is 2.18 bits per heavy atom. The van der Waals surface area contributed by atoms with E-state index in [0.29, 0.717) is 6.42 Å². The van der Waals surface area contributed by atoms with Crippen LogP contribution in [-0.2, 0) is 17.8 Å². The number of allylic oxidation sites excluding steroid dienone is 2. The Morgan fingerprint density at radius 3 is 3.00 bits per heavy atom. The number of rotatable bonds is 4. The number of nitrogens with zero attached hydrogens (tertiary/aromatic N) is 2. The molecule has 0 N–H and O–H groups in total. The van der Waals surface area contributed by atoms with Crippen molar-refractivity contribution in [3.8, 4) is 0 Å². The maximum absolute atomic E-state index is 11.5. The summed E-state index contributed by atoms with van der Waals surface area (Å²) in [4.78, 5) is 15.9. The van der Waals surface area contributed by atoms with Crippen molar-refractivity contribution in [3.05, 3.63) is 29.9 Å². The van der Waals surface area contributed by atoms with Crippen LogP contribution in [0.5, 0.6) is 0 Å². The lowest BCUT2D eigenvalue weighted by molar-refractivity contribution is -0.114. The molecule has 0 atom stereocenters. The molecule has 92 valence electrons. The Labute approximate surface area is 103 Å². The lowest BCUT2D eigenvalue weighted by atomic mass is 10.1. The lowest BCUT2D eigenvalue weighted by Crippen LogP contribution is -2.04. The normalized spacial score (nSPS) is 16.8. The van der Waals surface area contributed by atoms with Crippen molar-refractivity contribution in [1.29, 1.82) is 0 Å². The summed E-state index contributed by atoms with van der Waals surface area (Å²) in [7, 11) is 0. The molecule has 0 saturated heterocycles. The average Bonchev–Trinajstić information content (AvgIpc) is 2.61. The summed E-state index contributed by atoms with van der Waals surface area (Å²) < 4.78 is 2.19. The molecule has 1 aromatic rings. The van der Waals surface area contributed by atoms with Gasteiger partial charge in [0.25, 0.3) is 0 Å². The molecular weight excluding hydrogens is 212 g/mol. The number of carbonyl (C=O) groups excluding carboxylic acids is 1. The fraction of sp³-hybridized carbons (Fsp3) is 0.571. The molecule has 0 fully saturated rings. The summed E-state index contributed by atoms with van der Waals surface area (Å²) in [6, 6.07) is 0. The predicted octanol–water partition coefficient (Wildman–Crippen LogP) is 2.91. The second-order valence-electron chi connectivity index (χ2n) is 4.69. The first-order valence-electron chi connectivity index (χ1n) is 6.52. The van der Waals surface area contributed by atoms with Gasteiger partial charge in [-0.15, -0.1) is 0 Å². The third kappa shape index (κ3) is 3.29. The topological polar surface area (TPSA) is 34.9 Å². The second-order valence-corrected chi connectivity index (χ2v) is 4.69. The van der Waals surface area contributed by atoms with Crippen molar-refractivity contribution < 1.29 is 4.79 Å². The van der Waals surface area contributed by atoms with Gasteiger partial charge in [0.05, 0.1) is 0 Å². The van der Waals surface area contributed by atoms with Crippen LogP contribution in [0.1, 0.15) is 44.9 Å². The van der Waals surface area contributed by atoms with Gasteiger partial charge in [0.15, 0.2) is 5.78 Å². The number of aryl methyl sites for hydroxylation is 1. The van der Waals surface area contributed by atoms with Crippen molar-refractivity contribution in [1.82, 2.24) is 9.55 Å². The molecule has 0 amide bonds. The highest BCUT2D eigenvalue weighted by Crippen LogP contribution is 2.18. The molecule has 1 aliphatic carbocycles. The van der Waals surface area contributed by atoms with E-state index in [9.17, 15) is 4.79 Å². The molecule has 2 rings (SSSR count). The SMILES string of the molecule is CCCn1ccnc1CC1=CC(=O)CCCC1. The largest absolute Gasteiger partial charge is 0.335 e. The van der Waals surface area contributed by atoms with E-state index in [-0.39, 0.29) is 5.78 Å². The highest BCUT2D eigenvalue weighted by molar-refractivity contribution is 5.90. The van der Waals surface area contributed by atoms with Gasteiger partial charge >= 0.3 is 0 Å². The molecule has 1 aromatic heterocycles. The van der Waals surface area contributed by atoms with Crippen LogP contribution in [0, 0.1) is 0 Å². The molecule has 0 aliphatic heterocycles.